The van der Waals surface area contributed by atoms with Crippen molar-refractivity contribution in [2.24, 2.45) is 0 Å². The zero-order chi connectivity index (χ0) is 57.7. The Hall–Kier alpha value is -3.78. The van der Waals surface area contributed by atoms with Gasteiger partial charge in [0.15, 0.2) is 0 Å². The van der Waals surface area contributed by atoms with Gasteiger partial charge < -0.3 is 28.3 Å². The zero-order valence-corrected chi connectivity index (χ0v) is 51.6. The second kappa shape index (κ2) is 28.4. The molecule has 0 radical (unpaired) electrons. The van der Waals surface area contributed by atoms with Crippen LogP contribution < -0.4 is 31.8 Å². The molecule has 2 heterocycles. The van der Waals surface area contributed by atoms with Gasteiger partial charge in [-0.25, -0.2) is 0 Å². The largest absolute Gasteiger partial charge is 0.340 e. The lowest BCUT2D eigenvalue weighted by Gasteiger charge is -2.30. The van der Waals surface area contributed by atoms with E-state index in [1.807, 2.05) is 69.3 Å². The second-order valence-electron chi connectivity index (χ2n) is 20.7. The quantitative estimate of drug-likeness (QED) is 0.0580. The van der Waals surface area contributed by atoms with Gasteiger partial charge in [-0.3, -0.25) is 56.8 Å². The van der Waals surface area contributed by atoms with E-state index in [0.717, 1.165) is 0 Å². The Balaban J connectivity index is 0.982. The maximum absolute atomic E-state index is 15.1. The first-order valence-corrected chi connectivity index (χ1v) is 37.9. The van der Waals surface area contributed by atoms with Crippen molar-refractivity contribution in [3.63, 3.8) is 0 Å². The average Bonchev–Trinajstić information content (AvgIpc) is 3.63. The molecule has 0 bridgehead atoms. The van der Waals surface area contributed by atoms with Gasteiger partial charge in [0.1, 0.15) is 0 Å². The Morgan fingerprint density at radius 2 is 0.543 bits per heavy atom. The standard InChI is InChI=1S/C57H76N6O12P6/c1-73-79(70,54-22-12-6-13-23-54)47-61-37-38-62(48-80(71,74-2)55-24-14-7-15-25-55)40-42-63(41-39-61)49-81(72,75-3)56-29-27-50(28-30-56)51-17-16-26-57(43-51)78(68,69)46-60-35-33-58(44-76(64,65)52-18-8-4-9-19-52)31-32-59(34-36-60)45-77(66,67)53-20-10-5-11-21-53/h4-30,43H,31-42,44-49H2,1-3H3,(H,64,65)(H,66,67)(H,68,69). The summed E-state index contributed by atoms with van der Waals surface area (Å²) in [4.78, 5) is 46.2. The maximum Gasteiger partial charge on any atom is 0.245 e. The van der Waals surface area contributed by atoms with Crippen LogP contribution in [-0.4, -0.2) is 182 Å². The molecule has 2 saturated heterocycles. The van der Waals surface area contributed by atoms with E-state index in [0.29, 0.717) is 116 Å². The number of hydrogen-bond acceptors (Lipinski definition) is 15. The Bertz CT molecular complexity index is 3140. The average molecular weight is 1220 g/mol. The molecule has 6 aromatic carbocycles. The van der Waals surface area contributed by atoms with E-state index in [-0.39, 0.29) is 43.0 Å². The summed E-state index contributed by atoms with van der Waals surface area (Å²) < 4.78 is 103. The van der Waals surface area contributed by atoms with Crippen molar-refractivity contribution < 1.29 is 55.6 Å². The summed E-state index contributed by atoms with van der Waals surface area (Å²) in [5.41, 5.74) is 1.38. The Labute approximate surface area is 477 Å². The fraction of sp³-hybridized carbons (Fsp3) is 0.368. The minimum atomic E-state index is -4.11. The van der Waals surface area contributed by atoms with Crippen molar-refractivity contribution in [1.29, 1.82) is 0 Å². The third-order valence-electron chi connectivity index (χ3n) is 15.1. The van der Waals surface area contributed by atoms with E-state index in [2.05, 4.69) is 14.7 Å². The summed E-state index contributed by atoms with van der Waals surface area (Å²) in [5, 5.41) is 2.55. The Morgan fingerprint density at radius 3 is 0.840 bits per heavy atom. The number of benzene rings is 6. The highest BCUT2D eigenvalue weighted by Gasteiger charge is 2.36. The fourth-order valence-corrected chi connectivity index (χ4v) is 20.9. The van der Waals surface area contributed by atoms with Gasteiger partial charge in [-0.05, 0) is 83.9 Å². The predicted octanol–water partition coefficient (Wildman–Crippen LogP) is 7.08. The minimum Gasteiger partial charge on any atom is -0.340 e. The number of nitrogens with zero attached hydrogens (tertiary/aromatic N) is 6. The Morgan fingerprint density at radius 1 is 0.296 bits per heavy atom. The van der Waals surface area contributed by atoms with Crippen LogP contribution in [0.4, 0.5) is 0 Å². The van der Waals surface area contributed by atoms with Crippen molar-refractivity contribution in [3.8, 4) is 11.1 Å². The summed E-state index contributed by atoms with van der Waals surface area (Å²) in [6.45, 7) is 4.73. The van der Waals surface area contributed by atoms with Crippen molar-refractivity contribution in [3.05, 3.63) is 170 Å². The fourth-order valence-electron chi connectivity index (χ4n) is 10.2. The van der Waals surface area contributed by atoms with Crippen molar-refractivity contribution in [2.75, 3.05) is 138 Å². The van der Waals surface area contributed by atoms with Crippen LogP contribution in [0.25, 0.3) is 11.1 Å². The molecule has 6 unspecified atom stereocenters. The predicted molar refractivity (Wildman–Crippen MR) is 327 cm³/mol. The second-order valence-corrected chi connectivity index (χ2v) is 34.8. The smallest absolute Gasteiger partial charge is 0.245 e. The van der Waals surface area contributed by atoms with Crippen LogP contribution >= 0.6 is 44.2 Å². The highest BCUT2D eigenvalue weighted by Crippen LogP contribution is 2.49. The van der Waals surface area contributed by atoms with Gasteiger partial charge in [-0.2, -0.15) is 0 Å². The van der Waals surface area contributed by atoms with Gasteiger partial charge in [0.2, 0.25) is 44.2 Å². The third kappa shape index (κ3) is 17.0. The molecule has 0 aromatic heterocycles. The van der Waals surface area contributed by atoms with Crippen LogP contribution in [0.3, 0.4) is 0 Å². The molecule has 18 nitrogen and oxygen atoms in total. The molecule has 2 aliphatic rings. The number of hydrogen-bond donors (Lipinski definition) is 3. The molecule has 0 spiro atoms. The molecule has 0 saturated carbocycles. The number of rotatable bonds is 22. The van der Waals surface area contributed by atoms with Crippen molar-refractivity contribution in [1.82, 2.24) is 29.4 Å². The minimum absolute atomic E-state index is 0.0552. The van der Waals surface area contributed by atoms with Crippen LogP contribution in [0.1, 0.15) is 0 Å². The van der Waals surface area contributed by atoms with Gasteiger partial charge in [0.05, 0.1) is 37.7 Å². The molecule has 2 fully saturated rings. The van der Waals surface area contributed by atoms with Crippen LogP contribution in [0.5, 0.6) is 0 Å². The summed E-state index contributed by atoms with van der Waals surface area (Å²) in [6.07, 6.45) is -0.220. The molecule has 8 rings (SSSR count). The summed E-state index contributed by atoms with van der Waals surface area (Å²) in [5.74, 6) is 0. The van der Waals surface area contributed by atoms with Crippen LogP contribution in [0.2, 0.25) is 0 Å². The van der Waals surface area contributed by atoms with E-state index in [1.54, 1.807) is 115 Å². The highest BCUT2D eigenvalue weighted by atomic mass is 31.2. The molecule has 436 valence electrons. The molecular weight excluding hydrogens is 1150 g/mol. The molecular formula is C57H76N6O12P6. The molecule has 6 aromatic rings. The van der Waals surface area contributed by atoms with E-state index >= 15 is 4.57 Å². The first-order valence-electron chi connectivity index (χ1n) is 26.9. The summed E-state index contributed by atoms with van der Waals surface area (Å²) in [7, 11) is -17.6. The van der Waals surface area contributed by atoms with Crippen LogP contribution in [-0.2, 0) is 41.0 Å². The van der Waals surface area contributed by atoms with Gasteiger partial charge in [0.25, 0.3) is 0 Å². The molecule has 24 heteroatoms. The topological polar surface area (TPSA) is 210 Å². The van der Waals surface area contributed by atoms with Crippen LogP contribution in [0, 0.1) is 0 Å². The van der Waals surface area contributed by atoms with Crippen LogP contribution in [0.15, 0.2) is 170 Å². The van der Waals surface area contributed by atoms with Gasteiger partial charge in [-0.1, -0.05) is 97.1 Å². The lowest BCUT2D eigenvalue weighted by molar-refractivity contribution is 0.244. The monoisotopic (exact) mass is 1220 g/mol. The SMILES string of the molecule is COP(=O)(CN1CCN(CP(=O)(OC)c2ccccc2)CCN(CP(=O)(OC)c2ccc(-c3cccc(P(=O)(O)CN4CCN(CP(=O)(O)c5ccccc5)CCN(CP(=O)(O)c5ccccc5)CC4)c3)cc2)CC1)c1ccccc1. The molecule has 2 aliphatic heterocycles. The molecule has 0 amide bonds. The third-order valence-corrected chi connectivity index (χ3v) is 28.1. The highest BCUT2D eigenvalue weighted by molar-refractivity contribution is 7.68. The Kier molecular flexibility index (Phi) is 22.2. The van der Waals surface area contributed by atoms with Crippen molar-refractivity contribution >= 4 is 76.0 Å². The normalized spacial score (nSPS) is 20.9. The maximum atomic E-state index is 15.1. The van der Waals surface area contributed by atoms with E-state index in [1.165, 1.54) is 21.3 Å². The lowest BCUT2D eigenvalue weighted by atomic mass is 10.1. The van der Waals surface area contributed by atoms with E-state index < -0.39 is 44.2 Å². The summed E-state index contributed by atoms with van der Waals surface area (Å²) in [6, 6.07) is 49.2. The molecule has 6 atom stereocenters. The van der Waals surface area contributed by atoms with E-state index in [9.17, 15) is 37.5 Å². The lowest BCUT2D eigenvalue weighted by Crippen LogP contribution is -2.38. The zero-order valence-electron chi connectivity index (χ0n) is 46.3. The summed E-state index contributed by atoms with van der Waals surface area (Å²) >= 11 is 0. The molecule has 3 N–H and O–H groups in total. The first-order chi connectivity index (χ1) is 38.7. The van der Waals surface area contributed by atoms with Gasteiger partial charge in [0, 0.05) is 132 Å². The van der Waals surface area contributed by atoms with Gasteiger partial charge >= 0.3 is 0 Å². The molecule has 81 heavy (non-hydrogen) atoms. The molecule has 0 aliphatic carbocycles. The van der Waals surface area contributed by atoms with Gasteiger partial charge in [-0.15, -0.1) is 0 Å². The van der Waals surface area contributed by atoms with Crippen molar-refractivity contribution in [2.45, 2.75) is 0 Å². The van der Waals surface area contributed by atoms with E-state index in [4.69, 9.17) is 13.6 Å². The first kappa shape index (κ1) is 63.2.